The van der Waals surface area contributed by atoms with E-state index < -0.39 is 43.3 Å². The summed E-state index contributed by atoms with van der Waals surface area (Å²) in [4.78, 5) is 21.4. The van der Waals surface area contributed by atoms with Crippen LogP contribution in [0.25, 0.3) is 0 Å². The largest absolute Gasteiger partial charge is 0.479 e. The second-order valence-electron chi connectivity index (χ2n) is 3.57. The second kappa shape index (κ2) is 5.82. The molecule has 0 saturated carbocycles. The molecule has 0 radical (unpaired) electrons. The van der Waals surface area contributed by atoms with Crippen LogP contribution in [0.3, 0.4) is 0 Å². The lowest BCUT2D eigenvalue weighted by Gasteiger charge is -2.18. The molecule has 100 valence electrons. The van der Waals surface area contributed by atoms with Gasteiger partial charge in [-0.25, -0.2) is 4.79 Å². The molecule has 0 aliphatic rings. The summed E-state index contributed by atoms with van der Waals surface area (Å²) in [6.07, 6.45) is -4.42. The van der Waals surface area contributed by atoms with Crippen LogP contribution in [-0.2, 0) is 9.59 Å². The van der Waals surface area contributed by atoms with Crippen molar-refractivity contribution in [3.63, 3.8) is 0 Å². The van der Waals surface area contributed by atoms with Gasteiger partial charge in [0.2, 0.25) is 5.91 Å². The molecule has 0 bridgehead atoms. The van der Waals surface area contributed by atoms with E-state index in [1.807, 2.05) is 10.6 Å². The summed E-state index contributed by atoms with van der Waals surface area (Å²) in [6.45, 7) is -1.57. The lowest BCUT2D eigenvalue weighted by Crippen LogP contribution is -2.48. The third kappa shape index (κ3) is 7.53. The highest BCUT2D eigenvalue weighted by Gasteiger charge is 2.30. The molecule has 0 aromatic heterocycles. The number of hydrogen-bond acceptors (Lipinski definition) is 4. The molecule has 17 heavy (non-hydrogen) atoms. The molecular formula is C8H13F3N2O4. The van der Waals surface area contributed by atoms with Crippen molar-refractivity contribution in [1.29, 1.82) is 0 Å². The maximum atomic E-state index is 11.7. The van der Waals surface area contributed by atoms with Crippen LogP contribution in [0.4, 0.5) is 13.2 Å². The Hall–Kier alpha value is -1.35. The van der Waals surface area contributed by atoms with E-state index in [1.165, 1.54) is 0 Å². The lowest BCUT2D eigenvalue weighted by molar-refractivity contribution is -0.156. The van der Waals surface area contributed by atoms with Crippen molar-refractivity contribution in [2.75, 3.05) is 19.6 Å². The second-order valence-corrected chi connectivity index (χ2v) is 3.57. The molecule has 9 heteroatoms. The summed E-state index contributed by atoms with van der Waals surface area (Å²) in [6, 6.07) is 0. The molecule has 0 rings (SSSR count). The van der Waals surface area contributed by atoms with Crippen molar-refractivity contribution in [3.05, 3.63) is 0 Å². The van der Waals surface area contributed by atoms with Crippen LogP contribution < -0.4 is 10.6 Å². The highest BCUT2D eigenvalue weighted by atomic mass is 19.4. The highest BCUT2D eigenvalue weighted by Crippen LogP contribution is 2.11. The number of carbonyl (C=O) groups excluding carboxylic acids is 1. The highest BCUT2D eigenvalue weighted by molar-refractivity contribution is 5.81. The molecule has 0 saturated heterocycles. The zero-order valence-electron chi connectivity index (χ0n) is 8.97. The van der Waals surface area contributed by atoms with Crippen LogP contribution in [0.15, 0.2) is 0 Å². The zero-order chi connectivity index (χ0) is 13.7. The number of aliphatic hydroxyl groups is 1. The van der Waals surface area contributed by atoms with E-state index >= 15 is 0 Å². The third-order valence-corrected chi connectivity index (χ3v) is 1.70. The fourth-order valence-electron chi connectivity index (χ4n) is 0.727. The predicted octanol–water partition coefficient (Wildman–Crippen LogP) is -0.910. The number of hydrogen-bond donors (Lipinski definition) is 4. The molecule has 0 heterocycles. The van der Waals surface area contributed by atoms with Gasteiger partial charge < -0.3 is 20.8 Å². The first-order valence-corrected chi connectivity index (χ1v) is 4.54. The fourth-order valence-corrected chi connectivity index (χ4v) is 0.727. The number of rotatable bonds is 6. The molecule has 0 aliphatic heterocycles. The first-order chi connectivity index (χ1) is 7.54. The first kappa shape index (κ1) is 15.7. The van der Waals surface area contributed by atoms with Gasteiger partial charge in [-0.1, -0.05) is 0 Å². The fraction of sp³-hybridized carbons (Fsp3) is 0.750. The Kier molecular flexibility index (Phi) is 5.36. The minimum Gasteiger partial charge on any atom is -0.479 e. The molecule has 1 amide bonds. The molecule has 0 aromatic carbocycles. The summed E-state index contributed by atoms with van der Waals surface area (Å²) >= 11 is 0. The van der Waals surface area contributed by atoms with Gasteiger partial charge in [0, 0.05) is 0 Å². The first-order valence-electron chi connectivity index (χ1n) is 4.54. The van der Waals surface area contributed by atoms with E-state index in [-0.39, 0.29) is 0 Å². The van der Waals surface area contributed by atoms with Crippen molar-refractivity contribution in [2.24, 2.45) is 0 Å². The van der Waals surface area contributed by atoms with Crippen LogP contribution in [0, 0.1) is 0 Å². The van der Waals surface area contributed by atoms with Crippen LogP contribution >= 0.6 is 0 Å². The number of nitrogens with one attached hydrogen (secondary N) is 2. The summed E-state index contributed by atoms with van der Waals surface area (Å²) in [5, 5.41) is 21.5. The van der Waals surface area contributed by atoms with Crippen LogP contribution in [0.1, 0.15) is 6.92 Å². The van der Waals surface area contributed by atoms with Gasteiger partial charge in [-0.3, -0.25) is 4.79 Å². The maximum absolute atomic E-state index is 11.7. The summed E-state index contributed by atoms with van der Waals surface area (Å²) in [5.41, 5.74) is -2.15. The van der Waals surface area contributed by atoms with Gasteiger partial charge in [0.15, 0.2) is 5.60 Å². The van der Waals surface area contributed by atoms with Gasteiger partial charge >= 0.3 is 12.1 Å². The Morgan fingerprint density at radius 1 is 1.24 bits per heavy atom. The molecule has 0 aromatic rings. The Balaban J connectivity index is 3.86. The number of alkyl halides is 3. The van der Waals surface area contributed by atoms with Crippen LogP contribution in [0.2, 0.25) is 0 Å². The smallest absolute Gasteiger partial charge is 0.401 e. The molecular weight excluding hydrogens is 245 g/mol. The van der Waals surface area contributed by atoms with E-state index in [1.54, 1.807) is 0 Å². The molecule has 0 aliphatic carbocycles. The van der Waals surface area contributed by atoms with Gasteiger partial charge in [0.05, 0.1) is 19.6 Å². The average Bonchev–Trinajstić information content (AvgIpc) is 2.12. The monoisotopic (exact) mass is 258 g/mol. The minimum absolute atomic E-state index is 0.588. The average molecular weight is 258 g/mol. The Morgan fingerprint density at radius 2 is 1.76 bits per heavy atom. The molecule has 1 unspecified atom stereocenters. The Labute approximate surface area is 94.8 Å². The molecule has 1 atom stereocenters. The van der Waals surface area contributed by atoms with Crippen molar-refractivity contribution < 1.29 is 33.0 Å². The molecule has 4 N–H and O–H groups in total. The third-order valence-electron chi connectivity index (χ3n) is 1.70. The van der Waals surface area contributed by atoms with Crippen molar-refractivity contribution >= 4 is 11.9 Å². The normalized spacial score (nSPS) is 15.1. The standard InChI is InChI=1S/C8H13F3N2O4/c1-7(17,6(15)16)3-13-5(14)2-12-4-8(9,10)11/h12,17H,2-4H2,1H3,(H,13,14)(H,15,16). The van der Waals surface area contributed by atoms with Gasteiger partial charge in [-0.2, -0.15) is 13.2 Å². The van der Waals surface area contributed by atoms with Crippen molar-refractivity contribution in [1.82, 2.24) is 10.6 Å². The molecule has 0 fully saturated rings. The maximum Gasteiger partial charge on any atom is 0.401 e. The van der Waals surface area contributed by atoms with E-state index in [9.17, 15) is 27.9 Å². The summed E-state index contributed by atoms with van der Waals surface area (Å²) < 4.78 is 35.0. The van der Waals surface area contributed by atoms with E-state index in [0.717, 1.165) is 6.92 Å². The van der Waals surface area contributed by atoms with Gasteiger partial charge in [-0.15, -0.1) is 0 Å². The van der Waals surface area contributed by atoms with E-state index in [0.29, 0.717) is 0 Å². The number of carboxylic acids is 1. The lowest BCUT2D eigenvalue weighted by atomic mass is 10.1. The zero-order valence-corrected chi connectivity index (χ0v) is 8.97. The Bertz CT molecular complexity index is 291. The van der Waals surface area contributed by atoms with Gasteiger partial charge in [0.25, 0.3) is 0 Å². The van der Waals surface area contributed by atoms with E-state index in [4.69, 9.17) is 5.11 Å². The SMILES string of the molecule is CC(O)(CNC(=O)CNCC(F)(F)F)C(=O)O. The molecule has 0 spiro atoms. The predicted molar refractivity (Wildman–Crippen MR) is 50.2 cm³/mol. The topological polar surface area (TPSA) is 98.7 Å². The van der Waals surface area contributed by atoms with E-state index in [2.05, 4.69) is 0 Å². The number of aliphatic carboxylic acids is 1. The Morgan fingerprint density at radius 3 is 2.18 bits per heavy atom. The number of carboxylic acid groups (broad SMARTS) is 1. The van der Waals surface area contributed by atoms with Crippen molar-refractivity contribution in [2.45, 2.75) is 18.7 Å². The van der Waals surface area contributed by atoms with Gasteiger partial charge in [-0.05, 0) is 6.92 Å². The van der Waals surface area contributed by atoms with Crippen LogP contribution in [-0.4, -0.2) is 53.5 Å². The van der Waals surface area contributed by atoms with Crippen LogP contribution in [0.5, 0.6) is 0 Å². The quantitative estimate of drug-likeness (QED) is 0.494. The summed E-state index contributed by atoms with van der Waals surface area (Å²) in [7, 11) is 0. The minimum atomic E-state index is -4.42. The number of carbonyl (C=O) groups is 2. The van der Waals surface area contributed by atoms with Crippen molar-refractivity contribution in [3.8, 4) is 0 Å². The number of amides is 1. The molecule has 6 nitrogen and oxygen atoms in total. The van der Waals surface area contributed by atoms with Gasteiger partial charge in [0.1, 0.15) is 0 Å². The summed E-state index contributed by atoms with van der Waals surface area (Å²) in [5.74, 6) is -2.38. The number of halogens is 3.